The quantitative estimate of drug-likeness (QED) is 0.755. The maximum absolute atomic E-state index is 12.0. The molecule has 1 aromatic heterocycles. The summed E-state index contributed by atoms with van der Waals surface area (Å²) in [6.07, 6.45) is 0.739. The molecule has 1 aromatic carbocycles. The number of morpholine rings is 1. The molecule has 1 aliphatic heterocycles. The summed E-state index contributed by atoms with van der Waals surface area (Å²) in [6.45, 7) is 4.85. The highest BCUT2D eigenvalue weighted by atomic mass is 16.5. The first-order valence-corrected chi connectivity index (χ1v) is 8.78. The Labute approximate surface area is 152 Å². The van der Waals surface area contributed by atoms with Gasteiger partial charge in [0.2, 0.25) is 17.6 Å². The van der Waals surface area contributed by atoms with Crippen molar-refractivity contribution >= 4 is 5.91 Å². The Morgan fingerprint density at radius 3 is 3.00 bits per heavy atom. The van der Waals surface area contributed by atoms with E-state index in [9.17, 15) is 4.79 Å². The maximum atomic E-state index is 12.0. The highest BCUT2D eigenvalue weighted by molar-refractivity contribution is 5.76. The fourth-order valence-corrected chi connectivity index (χ4v) is 2.72. The third kappa shape index (κ3) is 5.27. The number of rotatable bonds is 8. The number of ether oxygens (including phenoxy) is 2. The van der Waals surface area contributed by atoms with E-state index in [2.05, 4.69) is 20.4 Å². The molecule has 0 aliphatic carbocycles. The van der Waals surface area contributed by atoms with Crippen LogP contribution in [0.25, 0.3) is 11.4 Å². The first kappa shape index (κ1) is 18.3. The van der Waals surface area contributed by atoms with Crippen molar-refractivity contribution in [2.45, 2.75) is 12.8 Å². The average Bonchev–Trinajstić information content (AvgIpc) is 3.16. The first-order valence-electron chi connectivity index (χ1n) is 8.78. The highest BCUT2D eigenvalue weighted by Crippen LogP contribution is 2.21. The minimum Gasteiger partial charge on any atom is -0.497 e. The number of aromatic nitrogens is 2. The van der Waals surface area contributed by atoms with Gasteiger partial charge in [-0.05, 0) is 12.1 Å². The van der Waals surface area contributed by atoms with E-state index in [1.807, 2.05) is 24.3 Å². The number of carbonyl (C=O) groups excluding carboxylic acids is 1. The molecule has 0 radical (unpaired) electrons. The molecule has 0 spiro atoms. The van der Waals surface area contributed by atoms with Crippen LogP contribution in [0.2, 0.25) is 0 Å². The Morgan fingerprint density at radius 1 is 1.35 bits per heavy atom. The van der Waals surface area contributed by atoms with Crippen LogP contribution < -0.4 is 10.1 Å². The summed E-state index contributed by atoms with van der Waals surface area (Å²) in [7, 11) is 1.61. The highest BCUT2D eigenvalue weighted by Gasteiger charge is 2.12. The Morgan fingerprint density at radius 2 is 2.19 bits per heavy atom. The van der Waals surface area contributed by atoms with Crippen LogP contribution in [0.1, 0.15) is 12.3 Å². The lowest BCUT2D eigenvalue weighted by Crippen LogP contribution is -2.41. The van der Waals surface area contributed by atoms with Crippen molar-refractivity contribution < 1.29 is 18.8 Å². The minimum atomic E-state index is -0.0145. The largest absolute Gasteiger partial charge is 0.497 e. The van der Waals surface area contributed by atoms with Gasteiger partial charge in [-0.15, -0.1) is 0 Å². The molecule has 8 nitrogen and oxygen atoms in total. The number of amides is 1. The van der Waals surface area contributed by atoms with Crippen LogP contribution in [0.4, 0.5) is 0 Å². The van der Waals surface area contributed by atoms with Crippen LogP contribution in [0.5, 0.6) is 5.75 Å². The van der Waals surface area contributed by atoms with Crippen molar-refractivity contribution in [3.63, 3.8) is 0 Å². The second-order valence-corrected chi connectivity index (χ2v) is 6.05. The van der Waals surface area contributed by atoms with Crippen LogP contribution in [-0.4, -0.2) is 67.5 Å². The number of hydrogen-bond donors (Lipinski definition) is 1. The Hall–Kier alpha value is -2.45. The summed E-state index contributed by atoms with van der Waals surface area (Å²) in [5.41, 5.74) is 0.814. The average molecular weight is 360 g/mol. The lowest BCUT2D eigenvalue weighted by atomic mass is 10.2. The molecule has 0 unspecified atom stereocenters. The molecule has 1 saturated heterocycles. The fourth-order valence-electron chi connectivity index (χ4n) is 2.72. The van der Waals surface area contributed by atoms with E-state index in [0.29, 0.717) is 31.1 Å². The zero-order chi connectivity index (χ0) is 18.2. The van der Waals surface area contributed by atoms with Crippen LogP contribution in [0.3, 0.4) is 0 Å². The number of nitrogens with one attached hydrogen (secondary N) is 1. The zero-order valence-corrected chi connectivity index (χ0v) is 14.9. The molecule has 0 saturated carbocycles. The molecular weight excluding hydrogens is 336 g/mol. The molecule has 3 rings (SSSR count). The minimum absolute atomic E-state index is 0.0145. The molecule has 140 valence electrons. The molecule has 0 bridgehead atoms. The maximum Gasteiger partial charge on any atom is 0.227 e. The van der Waals surface area contributed by atoms with Gasteiger partial charge in [-0.1, -0.05) is 17.3 Å². The van der Waals surface area contributed by atoms with Crippen molar-refractivity contribution in [1.29, 1.82) is 0 Å². The van der Waals surface area contributed by atoms with Gasteiger partial charge < -0.3 is 19.3 Å². The first-order chi connectivity index (χ1) is 12.7. The lowest BCUT2D eigenvalue weighted by molar-refractivity contribution is -0.121. The van der Waals surface area contributed by atoms with Gasteiger partial charge in [-0.3, -0.25) is 9.69 Å². The van der Waals surface area contributed by atoms with Crippen molar-refractivity contribution in [3.05, 3.63) is 30.2 Å². The Balaban J connectivity index is 1.41. The number of hydrogen-bond acceptors (Lipinski definition) is 7. The zero-order valence-electron chi connectivity index (χ0n) is 14.9. The third-order valence-electron chi connectivity index (χ3n) is 4.22. The predicted molar refractivity (Wildman–Crippen MR) is 94.9 cm³/mol. The van der Waals surface area contributed by atoms with Gasteiger partial charge in [0, 0.05) is 44.6 Å². The Bertz CT molecular complexity index is 713. The van der Waals surface area contributed by atoms with E-state index in [0.717, 1.165) is 44.2 Å². The van der Waals surface area contributed by atoms with E-state index in [1.54, 1.807) is 7.11 Å². The number of nitrogens with zero attached hydrogens (tertiary/aromatic N) is 3. The van der Waals surface area contributed by atoms with Crippen LogP contribution in [0.15, 0.2) is 28.8 Å². The predicted octanol–water partition coefficient (Wildman–Crippen LogP) is 1.13. The summed E-state index contributed by atoms with van der Waals surface area (Å²) in [5, 5.41) is 6.90. The summed E-state index contributed by atoms with van der Waals surface area (Å²) < 4.78 is 15.7. The summed E-state index contributed by atoms with van der Waals surface area (Å²) in [4.78, 5) is 18.6. The van der Waals surface area contributed by atoms with Crippen molar-refractivity contribution in [3.8, 4) is 17.1 Å². The monoisotopic (exact) mass is 360 g/mol. The van der Waals surface area contributed by atoms with Gasteiger partial charge in [0.05, 0.1) is 20.3 Å². The summed E-state index contributed by atoms with van der Waals surface area (Å²) in [5.74, 6) is 1.66. The summed E-state index contributed by atoms with van der Waals surface area (Å²) in [6, 6.07) is 7.44. The molecule has 1 N–H and O–H groups in total. The van der Waals surface area contributed by atoms with Crippen molar-refractivity contribution in [2.24, 2.45) is 0 Å². The molecule has 2 aromatic rings. The second-order valence-electron chi connectivity index (χ2n) is 6.05. The third-order valence-corrected chi connectivity index (χ3v) is 4.22. The molecule has 8 heteroatoms. The number of carbonyl (C=O) groups is 1. The molecule has 1 amide bonds. The van der Waals surface area contributed by atoms with E-state index in [4.69, 9.17) is 14.0 Å². The molecule has 26 heavy (non-hydrogen) atoms. The van der Waals surface area contributed by atoms with E-state index in [1.165, 1.54) is 0 Å². The SMILES string of the molecule is COc1cccc(-c2noc(CCC(=O)NCCN3CCOCC3)n2)c1. The molecule has 1 fully saturated rings. The van der Waals surface area contributed by atoms with E-state index < -0.39 is 0 Å². The van der Waals surface area contributed by atoms with Crippen LogP contribution in [0, 0.1) is 0 Å². The summed E-state index contributed by atoms with van der Waals surface area (Å²) >= 11 is 0. The Kier molecular flexibility index (Phi) is 6.56. The topological polar surface area (TPSA) is 89.7 Å². The number of aryl methyl sites for hydroxylation is 1. The van der Waals surface area contributed by atoms with Gasteiger partial charge in [-0.25, -0.2) is 0 Å². The van der Waals surface area contributed by atoms with Gasteiger partial charge in [0.15, 0.2) is 0 Å². The standard InChI is InChI=1S/C18H24N4O4/c1-24-15-4-2-3-14(13-15)18-20-17(26-21-18)6-5-16(23)19-7-8-22-9-11-25-12-10-22/h2-4,13H,5-12H2,1H3,(H,19,23). The van der Waals surface area contributed by atoms with Crippen molar-refractivity contribution in [1.82, 2.24) is 20.4 Å². The molecular formula is C18H24N4O4. The fraction of sp³-hybridized carbons (Fsp3) is 0.500. The molecule has 2 heterocycles. The normalized spacial score (nSPS) is 15.0. The van der Waals surface area contributed by atoms with Gasteiger partial charge in [-0.2, -0.15) is 4.98 Å². The van der Waals surface area contributed by atoms with E-state index >= 15 is 0 Å². The lowest BCUT2D eigenvalue weighted by Gasteiger charge is -2.26. The molecule has 1 aliphatic rings. The van der Waals surface area contributed by atoms with Gasteiger partial charge in [0.1, 0.15) is 5.75 Å². The second kappa shape index (κ2) is 9.30. The van der Waals surface area contributed by atoms with Gasteiger partial charge in [0.25, 0.3) is 0 Å². The van der Waals surface area contributed by atoms with Crippen LogP contribution >= 0.6 is 0 Å². The number of benzene rings is 1. The molecule has 0 atom stereocenters. The smallest absolute Gasteiger partial charge is 0.227 e. The number of methoxy groups -OCH3 is 1. The van der Waals surface area contributed by atoms with E-state index in [-0.39, 0.29) is 5.91 Å². The van der Waals surface area contributed by atoms with Crippen LogP contribution in [-0.2, 0) is 16.0 Å². The van der Waals surface area contributed by atoms with Crippen molar-refractivity contribution in [2.75, 3.05) is 46.5 Å². The van der Waals surface area contributed by atoms with Gasteiger partial charge >= 0.3 is 0 Å².